The number of thioether (sulfide) groups is 1. The lowest BCUT2D eigenvalue weighted by atomic mass is 10.0. The summed E-state index contributed by atoms with van der Waals surface area (Å²) in [7, 11) is 0. The number of amides is 2. The van der Waals surface area contributed by atoms with Gasteiger partial charge < -0.3 is 25.8 Å². The van der Waals surface area contributed by atoms with E-state index in [4.69, 9.17) is 5.73 Å². The Balaban J connectivity index is 1.77. The average molecular weight is 613 g/mol. The second kappa shape index (κ2) is 15.2. The molecule has 230 valence electrons. The number of nitrogens with zero attached hydrogens (tertiary/aromatic N) is 2. The highest BCUT2D eigenvalue weighted by atomic mass is 32.2. The van der Waals surface area contributed by atoms with Crippen LogP contribution in [0.3, 0.4) is 0 Å². The number of carbonyl (C=O) groups excluding carboxylic acids is 3. The molecule has 3 atom stereocenters. The van der Waals surface area contributed by atoms with Crippen molar-refractivity contribution in [1.29, 1.82) is 0 Å². The van der Waals surface area contributed by atoms with Crippen LogP contribution >= 0.6 is 11.8 Å². The summed E-state index contributed by atoms with van der Waals surface area (Å²) >= 11 is 1.47. The van der Waals surface area contributed by atoms with Crippen LogP contribution in [0.4, 0.5) is 13.2 Å². The van der Waals surface area contributed by atoms with Gasteiger partial charge in [-0.1, -0.05) is 42.5 Å². The Hall–Kier alpha value is -3.36. The van der Waals surface area contributed by atoms with E-state index in [1.54, 1.807) is 0 Å². The molecule has 0 unspecified atom stereocenters. The standard InChI is InChI=1S/C28H35F3N4O6S/c1-42-13-11-23(26(38)39)33-24(36)16-34(14-19-8-4-7-18-6-2-3-10-21(18)19)15-20-9-5-12-35(20)25(37)22(32)17-41-27(40)28(29,30)31/h2-4,6-8,10,20,22-23H,5,9,11-17,32H2,1H3,(H,33,36)(H,38,39)/t20-,22-,23-/m0/s1. The summed E-state index contributed by atoms with van der Waals surface area (Å²) in [5.74, 6) is -4.16. The number of hydrogen-bond donors (Lipinski definition) is 3. The zero-order chi connectivity index (χ0) is 30.9. The second-order valence-electron chi connectivity index (χ2n) is 10.1. The van der Waals surface area contributed by atoms with Gasteiger partial charge in [-0.2, -0.15) is 24.9 Å². The van der Waals surface area contributed by atoms with E-state index in [2.05, 4.69) is 10.1 Å². The molecule has 0 radical (unpaired) electrons. The Kier molecular flexibility index (Phi) is 12.0. The van der Waals surface area contributed by atoms with Gasteiger partial charge in [-0.15, -0.1) is 0 Å². The first-order valence-corrected chi connectivity index (χ1v) is 14.8. The number of alkyl halides is 3. The lowest BCUT2D eigenvalue weighted by Crippen LogP contribution is -2.52. The molecule has 3 rings (SSSR count). The second-order valence-corrected chi connectivity index (χ2v) is 11.1. The van der Waals surface area contributed by atoms with E-state index in [1.807, 2.05) is 53.6 Å². The van der Waals surface area contributed by atoms with Crippen molar-refractivity contribution in [3.8, 4) is 0 Å². The third-order valence-corrected chi connectivity index (χ3v) is 7.60. The van der Waals surface area contributed by atoms with Crippen LogP contribution < -0.4 is 11.1 Å². The first kappa shape index (κ1) is 33.1. The van der Waals surface area contributed by atoms with Crippen molar-refractivity contribution < 1.29 is 42.2 Å². The maximum absolute atomic E-state index is 13.0. The molecule has 2 aromatic rings. The van der Waals surface area contributed by atoms with Crippen LogP contribution in [0.15, 0.2) is 42.5 Å². The predicted octanol–water partition coefficient (Wildman–Crippen LogP) is 2.39. The summed E-state index contributed by atoms with van der Waals surface area (Å²) in [5, 5.41) is 14.1. The SMILES string of the molecule is CSCC[C@H](NC(=O)CN(Cc1cccc2ccccc12)C[C@@H]1CCCN1C(=O)[C@@H](N)COC(=O)C(F)(F)F)C(=O)O. The number of carboxylic acid groups (broad SMARTS) is 1. The molecule has 0 bridgehead atoms. The van der Waals surface area contributed by atoms with Gasteiger partial charge in [-0.25, -0.2) is 9.59 Å². The maximum Gasteiger partial charge on any atom is 0.490 e. The summed E-state index contributed by atoms with van der Waals surface area (Å²) in [6.07, 6.45) is -1.94. The lowest BCUT2D eigenvalue weighted by Gasteiger charge is -2.32. The molecule has 0 aliphatic carbocycles. The van der Waals surface area contributed by atoms with Crippen molar-refractivity contribution in [2.45, 2.75) is 50.1 Å². The fourth-order valence-corrected chi connectivity index (χ4v) is 5.41. The fraction of sp³-hybridized carbons (Fsp3) is 0.500. The van der Waals surface area contributed by atoms with Gasteiger partial charge in [-0.3, -0.25) is 14.5 Å². The van der Waals surface area contributed by atoms with Crippen molar-refractivity contribution in [1.82, 2.24) is 15.1 Å². The number of rotatable bonds is 14. The molecule has 42 heavy (non-hydrogen) atoms. The molecule has 1 heterocycles. The fourth-order valence-electron chi connectivity index (χ4n) is 4.94. The molecule has 4 N–H and O–H groups in total. The van der Waals surface area contributed by atoms with Crippen LogP contribution in [0.2, 0.25) is 0 Å². The van der Waals surface area contributed by atoms with Crippen molar-refractivity contribution in [2.24, 2.45) is 5.73 Å². The first-order chi connectivity index (χ1) is 19.9. The van der Waals surface area contributed by atoms with E-state index < -0.39 is 54.7 Å². The smallest absolute Gasteiger partial charge is 0.480 e. The van der Waals surface area contributed by atoms with E-state index in [0.717, 1.165) is 16.3 Å². The number of esters is 1. The molecule has 1 aliphatic heterocycles. The molecule has 0 aromatic heterocycles. The largest absolute Gasteiger partial charge is 0.490 e. The molecule has 10 nitrogen and oxygen atoms in total. The summed E-state index contributed by atoms with van der Waals surface area (Å²) < 4.78 is 41.6. The number of carboxylic acids is 1. The van der Waals surface area contributed by atoms with Crippen molar-refractivity contribution in [2.75, 3.05) is 38.2 Å². The molecule has 2 aromatic carbocycles. The van der Waals surface area contributed by atoms with E-state index in [-0.39, 0.29) is 19.5 Å². The Bertz CT molecular complexity index is 1260. The molecule has 14 heteroatoms. The Morgan fingerprint density at radius 3 is 2.60 bits per heavy atom. The Morgan fingerprint density at radius 2 is 1.90 bits per heavy atom. The number of benzene rings is 2. The number of ether oxygens (including phenoxy) is 1. The highest BCUT2D eigenvalue weighted by molar-refractivity contribution is 7.98. The number of likely N-dealkylation sites (tertiary alicyclic amines) is 1. The molecule has 0 spiro atoms. The van der Waals surface area contributed by atoms with E-state index >= 15 is 0 Å². The summed E-state index contributed by atoms with van der Waals surface area (Å²) in [6, 6.07) is 10.6. The predicted molar refractivity (Wildman–Crippen MR) is 152 cm³/mol. The monoisotopic (exact) mass is 612 g/mol. The van der Waals surface area contributed by atoms with Crippen LogP contribution in [-0.2, 0) is 30.5 Å². The van der Waals surface area contributed by atoms with Crippen molar-refractivity contribution >= 4 is 46.3 Å². The van der Waals surface area contributed by atoms with Crippen molar-refractivity contribution in [3.05, 3.63) is 48.0 Å². The Morgan fingerprint density at radius 1 is 1.19 bits per heavy atom. The van der Waals surface area contributed by atoms with Crippen LogP contribution in [0.1, 0.15) is 24.8 Å². The number of carbonyl (C=O) groups is 4. The normalized spacial score (nSPS) is 16.8. The quantitative estimate of drug-likeness (QED) is 0.274. The number of hydrogen-bond acceptors (Lipinski definition) is 8. The van der Waals surface area contributed by atoms with Gasteiger partial charge in [-0.05, 0) is 47.6 Å². The highest BCUT2D eigenvalue weighted by Gasteiger charge is 2.42. The maximum atomic E-state index is 13.0. The molecular formula is C28H35F3N4O6S. The summed E-state index contributed by atoms with van der Waals surface area (Å²) in [5.41, 5.74) is 6.72. The van der Waals surface area contributed by atoms with E-state index in [0.29, 0.717) is 31.7 Å². The van der Waals surface area contributed by atoms with Gasteiger partial charge in [0.05, 0.1) is 6.54 Å². The van der Waals surface area contributed by atoms with Gasteiger partial charge in [0.15, 0.2) is 0 Å². The number of nitrogens with two attached hydrogens (primary N) is 1. The Labute approximate surface area is 245 Å². The van der Waals surface area contributed by atoms with Gasteiger partial charge in [0.1, 0.15) is 18.7 Å². The topological polar surface area (TPSA) is 142 Å². The molecule has 2 amide bonds. The van der Waals surface area contributed by atoms with Gasteiger partial charge in [0.25, 0.3) is 0 Å². The molecule has 1 fully saturated rings. The van der Waals surface area contributed by atoms with Crippen molar-refractivity contribution in [3.63, 3.8) is 0 Å². The highest BCUT2D eigenvalue weighted by Crippen LogP contribution is 2.24. The minimum Gasteiger partial charge on any atom is -0.480 e. The summed E-state index contributed by atoms with van der Waals surface area (Å²) in [6.45, 7) is -0.241. The number of aliphatic carboxylic acids is 1. The van der Waals surface area contributed by atoms with Gasteiger partial charge >= 0.3 is 18.1 Å². The molecular weight excluding hydrogens is 577 g/mol. The van der Waals surface area contributed by atoms with Crippen LogP contribution in [0, 0.1) is 0 Å². The molecule has 1 aliphatic rings. The zero-order valence-corrected chi connectivity index (χ0v) is 24.0. The zero-order valence-electron chi connectivity index (χ0n) is 23.1. The lowest BCUT2D eigenvalue weighted by molar-refractivity contribution is -0.200. The van der Waals surface area contributed by atoms with Crippen LogP contribution in [-0.4, -0.2) is 101 Å². The minimum absolute atomic E-state index is 0.153. The third-order valence-electron chi connectivity index (χ3n) is 6.96. The minimum atomic E-state index is -5.20. The molecule has 1 saturated heterocycles. The number of fused-ring (bicyclic) bond motifs is 1. The van der Waals surface area contributed by atoms with Gasteiger partial charge in [0, 0.05) is 25.7 Å². The average Bonchev–Trinajstić information content (AvgIpc) is 3.40. The van der Waals surface area contributed by atoms with E-state index in [9.17, 15) is 37.5 Å². The van der Waals surface area contributed by atoms with Gasteiger partial charge in [0.2, 0.25) is 11.8 Å². The molecule has 0 saturated carbocycles. The summed E-state index contributed by atoms with van der Waals surface area (Å²) in [4.78, 5) is 52.1. The first-order valence-electron chi connectivity index (χ1n) is 13.4. The third kappa shape index (κ3) is 9.33. The number of nitrogens with one attached hydrogen (secondary N) is 1. The number of halogens is 3. The van der Waals surface area contributed by atoms with Crippen LogP contribution in [0.5, 0.6) is 0 Å². The van der Waals surface area contributed by atoms with E-state index in [1.165, 1.54) is 16.7 Å². The van der Waals surface area contributed by atoms with Crippen LogP contribution in [0.25, 0.3) is 10.8 Å².